The zero-order valence-electron chi connectivity index (χ0n) is 19.5. The first-order chi connectivity index (χ1) is 16.7. The zero-order valence-corrected chi connectivity index (χ0v) is 20.4. The molecule has 1 N–H and O–H groups in total. The molecule has 1 atom stereocenters. The third-order valence-electron chi connectivity index (χ3n) is 6.62. The molecule has 3 nitrogen and oxygen atoms in total. The van der Waals surface area contributed by atoms with Crippen LogP contribution in [-0.4, -0.2) is 22.9 Å². The first kappa shape index (κ1) is 22.7. The highest BCUT2D eigenvalue weighted by atomic mass is 32.2. The van der Waals surface area contributed by atoms with Crippen LogP contribution in [0.5, 0.6) is 0 Å². The van der Waals surface area contributed by atoms with Gasteiger partial charge in [-0.15, -0.1) is 0 Å². The minimum Gasteiger partial charge on any atom is -0.349 e. The Hall–Kier alpha value is -3.11. The second-order valence-corrected chi connectivity index (χ2v) is 10.00. The average Bonchev–Trinajstić information content (AvgIpc) is 3.73. The Labute approximate surface area is 206 Å². The molecule has 1 aliphatic rings. The molecule has 5 rings (SSSR count). The van der Waals surface area contributed by atoms with Gasteiger partial charge in [-0.2, -0.15) is 11.8 Å². The number of hydrogen-bond donors (Lipinski definition) is 1. The highest BCUT2D eigenvalue weighted by Crippen LogP contribution is 2.41. The lowest BCUT2D eigenvalue weighted by molar-refractivity contribution is -0.121. The number of fused-ring (bicyclic) bond motifs is 1. The number of pyridine rings is 1. The maximum atomic E-state index is 13.5. The van der Waals surface area contributed by atoms with Gasteiger partial charge in [0.15, 0.2) is 0 Å². The van der Waals surface area contributed by atoms with Gasteiger partial charge in [0.2, 0.25) is 5.91 Å². The van der Waals surface area contributed by atoms with Crippen LogP contribution in [0.2, 0.25) is 0 Å². The molecule has 1 saturated carbocycles. The van der Waals surface area contributed by atoms with Crippen LogP contribution in [0, 0.1) is 5.92 Å². The van der Waals surface area contributed by atoms with Crippen molar-refractivity contribution in [2.45, 2.75) is 31.7 Å². The van der Waals surface area contributed by atoms with Crippen molar-refractivity contribution in [1.82, 2.24) is 10.3 Å². The van der Waals surface area contributed by atoms with Crippen LogP contribution in [0.1, 0.15) is 35.6 Å². The molecule has 1 unspecified atom stereocenters. The predicted molar refractivity (Wildman–Crippen MR) is 143 cm³/mol. The molecule has 1 aromatic heterocycles. The van der Waals surface area contributed by atoms with E-state index in [4.69, 9.17) is 4.98 Å². The number of carbonyl (C=O) groups is 1. The second kappa shape index (κ2) is 10.4. The normalized spacial score (nSPS) is 14.1. The molecular formula is C30H30N2OS. The number of thioether (sulfide) groups is 1. The van der Waals surface area contributed by atoms with E-state index in [1.807, 2.05) is 36.0 Å². The Morgan fingerprint density at radius 2 is 1.62 bits per heavy atom. The minimum absolute atomic E-state index is 0.0847. The Kier molecular flexibility index (Phi) is 6.96. The molecule has 3 aromatic carbocycles. The second-order valence-electron chi connectivity index (χ2n) is 9.01. The third kappa shape index (κ3) is 5.02. The van der Waals surface area contributed by atoms with Gasteiger partial charge in [0.1, 0.15) is 0 Å². The Balaban J connectivity index is 1.54. The number of nitrogens with one attached hydrogen (secondary N) is 1. The molecule has 34 heavy (non-hydrogen) atoms. The van der Waals surface area contributed by atoms with E-state index in [9.17, 15) is 4.79 Å². The van der Waals surface area contributed by atoms with Crippen LogP contribution in [0.15, 0.2) is 84.9 Å². The van der Waals surface area contributed by atoms with Crippen molar-refractivity contribution in [3.8, 4) is 11.3 Å². The van der Waals surface area contributed by atoms with Gasteiger partial charge in [-0.3, -0.25) is 4.79 Å². The van der Waals surface area contributed by atoms with E-state index in [0.717, 1.165) is 39.9 Å². The molecule has 0 saturated heterocycles. The summed E-state index contributed by atoms with van der Waals surface area (Å²) in [4.78, 5) is 18.6. The van der Waals surface area contributed by atoms with Crippen molar-refractivity contribution in [2.75, 3.05) is 12.0 Å². The molecule has 1 fully saturated rings. The van der Waals surface area contributed by atoms with Crippen LogP contribution in [-0.2, 0) is 17.6 Å². The van der Waals surface area contributed by atoms with E-state index in [0.29, 0.717) is 12.3 Å². The lowest BCUT2D eigenvalue weighted by Gasteiger charge is -2.21. The van der Waals surface area contributed by atoms with E-state index >= 15 is 0 Å². The number of hydrogen-bond acceptors (Lipinski definition) is 3. The van der Waals surface area contributed by atoms with Crippen molar-refractivity contribution in [1.29, 1.82) is 0 Å². The summed E-state index contributed by atoms with van der Waals surface area (Å²) in [6.45, 7) is 0. The van der Waals surface area contributed by atoms with E-state index in [1.165, 1.54) is 24.0 Å². The van der Waals surface area contributed by atoms with Crippen molar-refractivity contribution in [2.24, 2.45) is 5.92 Å². The number of aromatic nitrogens is 1. The number of amides is 1. The molecule has 1 aliphatic carbocycles. The van der Waals surface area contributed by atoms with Gasteiger partial charge in [-0.25, -0.2) is 4.98 Å². The summed E-state index contributed by atoms with van der Waals surface area (Å²) in [5, 5.41) is 4.47. The molecular weight excluding hydrogens is 436 g/mol. The van der Waals surface area contributed by atoms with Gasteiger partial charge in [0, 0.05) is 10.9 Å². The van der Waals surface area contributed by atoms with Gasteiger partial charge in [-0.05, 0) is 59.9 Å². The maximum absolute atomic E-state index is 13.5. The standard InChI is InChI=1S/C30H30N2OS/c1-34-19-18-25-26(20-28(33)32-29(23-16-17-23)21-10-4-2-5-11-21)24-14-8-9-15-27(24)31-30(25)22-12-6-3-7-13-22/h2-15,23,29H,16-20H2,1H3,(H,32,33). The maximum Gasteiger partial charge on any atom is 0.224 e. The number of benzene rings is 3. The van der Waals surface area contributed by atoms with E-state index in [2.05, 4.69) is 72.2 Å². The summed E-state index contributed by atoms with van der Waals surface area (Å²) >= 11 is 1.83. The molecule has 4 heteroatoms. The van der Waals surface area contributed by atoms with Gasteiger partial charge in [0.25, 0.3) is 0 Å². The van der Waals surface area contributed by atoms with Gasteiger partial charge in [0.05, 0.1) is 23.7 Å². The number of para-hydroxylation sites is 1. The molecule has 0 aliphatic heterocycles. The Morgan fingerprint density at radius 1 is 0.941 bits per heavy atom. The van der Waals surface area contributed by atoms with E-state index in [-0.39, 0.29) is 11.9 Å². The smallest absolute Gasteiger partial charge is 0.224 e. The Morgan fingerprint density at radius 3 is 2.32 bits per heavy atom. The molecule has 0 radical (unpaired) electrons. The quantitative estimate of drug-likeness (QED) is 0.301. The summed E-state index contributed by atoms with van der Waals surface area (Å²) in [6.07, 6.45) is 5.73. The topological polar surface area (TPSA) is 42.0 Å². The summed E-state index contributed by atoms with van der Waals surface area (Å²) in [6, 6.07) is 29.1. The summed E-state index contributed by atoms with van der Waals surface area (Å²) in [5.41, 5.74) is 6.55. The SMILES string of the molecule is CSCCc1c(-c2ccccc2)nc2ccccc2c1CC(=O)NC(c1ccccc1)C1CC1. The highest BCUT2D eigenvalue weighted by molar-refractivity contribution is 7.98. The lowest BCUT2D eigenvalue weighted by atomic mass is 9.92. The molecule has 1 heterocycles. The van der Waals surface area contributed by atoms with Crippen molar-refractivity contribution >= 4 is 28.6 Å². The minimum atomic E-state index is 0.0847. The molecule has 172 valence electrons. The van der Waals surface area contributed by atoms with Crippen molar-refractivity contribution < 1.29 is 4.79 Å². The summed E-state index contributed by atoms with van der Waals surface area (Å²) in [5.74, 6) is 1.61. The number of rotatable bonds is 9. The fraction of sp³-hybridized carbons (Fsp3) is 0.267. The molecule has 0 bridgehead atoms. The lowest BCUT2D eigenvalue weighted by Crippen LogP contribution is -2.31. The average molecular weight is 467 g/mol. The zero-order chi connectivity index (χ0) is 23.3. The van der Waals surface area contributed by atoms with Crippen LogP contribution in [0.3, 0.4) is 0 Å². The molecule has 1 amide bonds. The predicted octanol–water partition coefficient (Wildman–Crippen LogP) is 6.62. The van der Waals surface area contributed by atoms with E-state index < -0.39 is 0 Å². The largest absolute Gasteiger partial charge is 0.349 e. The van der Waals surface area contributed by atoms with E-state index in [1.54, 1.807) is 0 Å². The summed E-state index contributed by atoms with van der Waals surface area (Å²) < 4.78 is 0. The molecule has 0 spiro atoms. The first-order valence-electron chi connectivity index (χ1n) is 12.0. The summed E-state index contributed by atoms with van der Waals surface area (Å²) in [7, 11) is 0. The van der Waals surface area contributed by atoms with Crippen molar-refractivity contribution in [3.63, 3.8) is 0 Å². The van der Waals surface area contributed by atoms with Crippen LogP contribution in [0.25, 0.3) is 22.2 Å². The number of nitrogens with zero attached hydrogens (tertiary/aromatic N) is 1. The fourth-order valence-corrected chi connectivity index (χ4v) is 5.19. The first-order valence-corrected chi connectivity index (χ1v) is 13.4. The van der Waals surface area contributed by atoms with Gasteiger partial charge >= 0.3 is 0 Å². The fourth-order valence-electron chi connectivity index (χ4n) is 4.78. The van der Waals surface area contributed by atoms with Crippen LogP contribution >= 0.6 is 11.8 Å². The third-order valence-corrected chi connectivity index (χ3v) is 7.23. The van der Waals surface area contributed by atoms with Gasteiger partial charge < -0.3 is 5.32 Å². The Bertz CT molecular complexity index is 1270. The van der Waals surface area contributed by atoms with Crippen LogP contribution < -0.4 is 5.32 Å². The van der Waals surface area contributed by atoms with Gasteiger partial charge in [-0.1, -0.05) is 78.9 Å². The van der Waals surface area contributed by atoms with Crippen molar-refractivity contribution in [3.05, 3.63) is 102 Å². The highest BCUT2D eigenvalue weighted by Gasteiger charge is 2.33. The monoisotopic (exact) mass is 466 g/mol. The number of carbonyl (C=O) groups excluding carboxylic acids is 1. The van der Waals surface area contributed by atoms with Crippen LogP contribution in [0.4, 0.5) is 0 Å². The molecule has 4 aromatic rings.